The maximum Gasteiger partial charge on any atom is 0.191 e. The quantitative estimate of drug-likeness (QED) is 0.760. The van der Waals surface area contributed by atoms with Crippen molar-refractivity contribution in [2.24, 2.45) is 10.7 Å². The Bertz CT molecular complexity index is 397. The predicted molar refractivity (Wildman–Crippen MR) is 53.4 cm³/mol. The van der Waals surface area contributed by atoms with Crippen LogP contribution in [-0.2, 0) is 0 Å². The monoisotopic (exact) mass is 211 g/mol. The highest BCUT2D eigenvalue weighted by molar-refractivity contribution is 5.80. The van der Waals surface area contributed by atoms with E-state index in [0.717, 1.165) is 6.07 Å². The summed E-state index contributed by atoms with van der Waals surface area (Å²) >= 11 is 0. The summed E-state index contributed by atoms with van der Waals surface area (Å²) in [6.45, 7) is 0.436. The lowest BCUT2D eigenvalue weighted by molar-refractivity contribution is 0.410. The number of halogens is 2. The van der Waals surface area contributed by atoms with Gasteiger partial charge in [-0.25, -0.2) is 8.78 Å². The van der Waals surface area contributed by atoms with Crippen molar-refractivity contribution in [2.45, 2.75) is 6.04 Å². The SMILES string of the molecule is CN1C(N)=NCC1c1cc(F)cc(F)c1. The molecule has 1 unspecified atom stereocenters. The zero-order valence-corrected chi connectivity index (χ0v) is 8.24. The number of rotatable bonds is 1. The molecule has 0 radical (unpaired) electrons. The van der Waals surface area contributed by atoms with E-state index in [4.69, 9.17) is 5.73 Å². The number of hydrogen-bond acceptors (Lipinski definition) is 3. The fourth-order valence-electron chi connectivity index (χ4n) is 1.67. The number of nitrogens with two attached hydrogens (primary N) is 1. The van der Waals surface area contributed by atoms with Gasteiger partial charge in [0, 0.05) is 13.1 Å². The lowest BCUT2D eigenvalue weighted by atomic mass is 10.1. The Balaban J connectivity index is 2.31. The number of nitrogens with zero attached hydrogens (tertiary/aromatic N) is 2. The number of aliphatic imine (C=N–C) groups is 1. The smallest absolute Gasteiger partial charge is 0.191 e. The van der Waals surface area contributed by atoms with Gasteiger partial charge in [-0.3, -0.25) is 4.99 Å². The average molecular weight is 211 g/mol. The summed E-state index contributed by atoms with van der Waals surface area (Å²) < 4.78 is 26.0. The molecule has 2 N–H and O–H groups in total. The van der Waals surface area contributed by atoms with Crippen LogP contribution in [0.25, 0.3) is 0 Å². The lowest BCUT2D eigenvalue weighted by Gasteiger charge is -2.21. The molecule has 0 saturated heterocycles. The zero-order chi connectivity index (χ0) is 11.0. The van der Waals surface area contributed by atoms with Crippen molar-refractivity contribution < 1.29 is 8.78 Å². The Labute approximate surface area is 86.2 Å². The Hall–Kier alpha value is -1.65. The molecule has 1 aromatic rings. The van der Waals surface area contributed by atoms with Crippen LogP contribution in [0.4, 0.5) is 8.78 Å². The first-order valence-electron chi connectivity index (χ1n) is 4.56. The molecular formula is C10H11F2N3. The summed E-state index contributed by atoms with van der Waals surface area (Å²) in [6, 6.07) is 3.29. The Morgan fingerprint density at radius 2 is 1.93 bits per heavy atom. The van der Waals surface area contributed by atoms with E-state index in [1.165, 1.54) is 12.1 Å². The van der Waals surface area contributed by atoms with E-state index in [-0.39, 0.29) is 6.04 Å². The predicted octanol–water partition coefficient (Wildman–Crippen LogP) is 1.27. The molecule has 1 aliphatic heterocycles. The lowest BCUT2D eigenvalue weighted by Crippen LogP contribution is -2.32. The zero-order valence-electron chi connectivity index (χ0n) is 8.24. The van der Waals surface area contributed by atoms with Gasteiger partial charge < -0.3 is 10.6 Å². The maximum atomic E-state index is 13.0. The van der Waals surface area contributed by atoms with Crippen molar-refractivity contribution in [1.82, 2.24) is 4.90 Å². The summed E-state index contributed by atoms with van der Waals surface area (Å²) in [4.78, 5) is 5.71. The number of guanidine groups is 1. The normalized spacial score (nSPS) is 20.6. The van der Waals surface area contributed by atoms with Gasteiger partial charge >= 0.3 is 0 Å². The largest absolute Gasteiger partial charge is 0.370 e. The molecule has 0 fully saturated rings. The van der Waals surface area contributed by atoms with Crippen LogP contribution < -0.4 is 5.73 Å². The molecule has 1 aliphatic rings. The molecule has 0 saturated carbocycles. The van der Waals surface area contributed by atoms with Crippen molar-refractivity contribution >= 4 is 5.96 Å². The van der Waals surface area contributed by atoms with E-state index in [2.05, 4.69) is 4.99 Å². The molecule has 3 nitrogen and oxygen atoms in total. The molecule has 0 spiro atoms. The van der Waals surface area contributed by atoms with Gasteiger partial charge in [-0.2, -0.15) is 0 Å². The molecule has 2 rings (SSSR count). The number of hydrogen-bond donors (Lipinski definition) is 1. The van der Waals surface area contributed by atoms with Crippen molar-refractivity contribution in [1.29, 1.82) is 0 Å². The van der Waals surface area contributed by atoms with Crippen LogP contribution in [-0.4, -0.2) is 24.5 Å². The molecular weight excluding hydrogens is 200 g/mol. The van der Waals surface area contributed by atoms with Crippen LogP contribution in [0.15, 0.2) is 23.2 Å². The van der Waals surface area contributed by atoms with Crippen LogP contribution in [0.5, 0.6) is 0 Å². The Morgan fingerprint density at radius 1 is 1.33 bits per heavy atom. The first kappa shape index (κ1) is 9.89. The molecule has 1 heterocycles. The molecule has 0 bridgehead atoms. The van der Waals surface area contributed by atoms with Crippen molar-refractivity contribution in [3.8, 4) is 0 Å². The van der Waals surface area contributed by atoms with Gasteiger partial charge in [-0.05, 0) is 17.7 Å². The molecule has 1 atom stereocenters. The van der Waals surface area contributed by atoms with Gasteiger partial charge in [0.25, 0.3) is 0 Å². The van der Waals surface area contributed by atoms with Gasteiger partial charge in [-0.1, -0.05) is 0 Å². The fraction of sp³-hybridized carbons (Fsp3) is 0.300. The summed E-state index contributed by atoms with van der Waals surface area (Å²) in [7, 11) is 1.75. The van der Waals surface area contributed by atoms with Gasteiger partial charge in [0.15, 0.2) is 5.96 Å². The molecule has 0 aliphatic carbocycles. The van der Waals surface area contributed by atoms with Gasteiger partial charge in [0.1, 0.15) is 11.6 Å². The molecule has 15 heavy (non-hydrogen) atoms. The highest BCUT2D eigenvalue weighted by Gasteiger charge is 2.24. The minimum absolute atomic E-state index is 0.171. The van der Waals surface area contributed by atoms with Gasteiger partial charge in [0.2, 0.25) is 0 Å². The van der Waals surface area contributed by atoms with Gasteiger partial charge in [0.05, 0.1) is 12.6 Å². The second-order valence-corrected chi connectivity index (χ2v) is 3.53. The van der Waals surface area contributed by atoms with E-state index >= 15 is 0 Å². The van der Waals surface area contributed by atoms with E-state index in [1.54, 1.807) is 11.9 Å². The second kappa shape index (κ2) is 3.49. The minimum atomic E-state index is -0.580. The van der Waals surface area contributed by atoms with Crippen molar-refractivity contribution in [3.63, 3.8) is 0 Å². The Morgan fingerprint density at radius 3 is 2.40 bits per heavy atom. The second-order valence-electron chi connectivity index (χ2n) is 3.53. The molecule has 80 valence electrons. The summed E-state index contributed by atoms with van der Waals surface area (Å²) in [6.07, 6.45) is 0. The van der Waals surface area contributed by atoms with Crippen molar-refractivity contribution in [3.05, 3.63) is 35.4 Å². The van der Waals surface area contributed by atoms with E-state index in [9.17, 15) is 8.78 Å². The molecule has 0 amide bonds. The standard InChI is InChI=1S/C10H11F2N3/c1-15-9(5-14-10(15)13)6-2-7(11)4-8(12)3-6/h2-4,9H,5H2,1H3,(H2,13,14). The summed E-state index contributed by atoms with van der Waals surface area (Å²) in [5.74, 6) is -0.766. The summed E-state index contributed by atoms with van der Waals surface area (Å²) in [5.41, 5.74) is 6.13. The molecule has 5 heteroatoms. The van der Waals surface area contributed by atoms with E-state index in [0.29, 0.717) is 18.1 Å². The number of likely N-dealkylation sites (N-methyl/N-ethyl adjacent to an activating group) is 1. The Kier molecular flexibility index (Phi) is 2.30. The topological polar surface area (TPSA) is 41.6 Å². The summed E-state index contributed by atoms with van der Waals surface area (Å²) in [5, 5.41) is 0. The third kappa shape index (κ3) is 1.77. The highest BCUT2D eigenvalue weighted by atomic mass is 19.1. The average Bonchev–Trinajstić information content (AvgIpc) is 2.46. The van der Waals surface area contributed by atoms with Crippen LogP contribution >= 0.6 is 0 Å². The fourth-order valence-corrected chi connectivity index (χ4v) is 1.67. The number of benzene rings is 1. The van der Waals surface area contributed by atoms with Crippen LogP contribution in [0.1, 0.15) is 11.6 Å². The van der Waals surface area contributed by atoms with Crippen molar-refractivity contribution in [2.75, 3.05) is 13.6 Å². The first-order valence-corrected chi connectivity index (χ1v) is 4.56. The minimum Gasteiger partial charge on any atom is -0.370 e. The first-order chi connectivity index (χ1) is 7.08. The van der Waals surface area contributed by atoms with Crippen LogP contribution in [0.3, 0.4) is 0 Å². The maximum absolute atomic E-state index is 13.0. The van der Waals surface area contributed by atoms with Gasteiger partial charge in [-0.15, -0.1) is 0 Å². The molecule has 1 aromatic carbocycles. The highest BCUT2D eigenvalue weighted by Crippen LogP contribution is 2.24. The third-order valence-corrected chi connectivity index (χ3v) is 2.52. The van der Waals surface area contributed by atoms with Crippen LogP contribution in [0.2, 0.25) is 0 Å². The third-order valence-electron chi connectivity index (χ3n) is 2.52. The van der Waals surface area contributed by atoms with E-state index < -0.39 is 11.6 Å². The van der Waals surface area contributed by atoms with E-state index in [1.807, 2.05) is 0 Å². The van der Waals surface area contributed by atoms with Crippen LogP contribution in [0, 0.1) is 11.6 Å². The molecule has 0 aromatic heterocycles.